The lowest BCUT2D eigenvalue weighted by Gasteiger charge is -2.24. The van der Waals surface area contributed by atoms with Gasteiger partial charge in [0.2, 0.25) is 0 Å². The van der Waals surface area contributed by atoms with Crippen LogP contribution in [0.3, 0.4) is 0 Å². The standard InChI is InChI=1S/C19H32N2O/c1-16(8-7-15-22)20-17(2)18-9-11-19(12-10-18)21-13-5-3-4-6-14-21/h9-12,16-17,20,22H,3-8,13-15H2,1-2H3. The van der Waals surface area contributed by atoms with E-state index >= 15 is 0 Å². The van der Waals surface area contributed by atoms with Crippen molar-refractivity contribution in [2.75, 3.05) is 24.6 Å². The van der Waals surface area contributed by atoms with E-state index in [-0.39, 0.29) is 6.61 Å². The Labute approximate surface area is 135 Å². The number of aliphatic hydroxyl groups is 1. The number of nitrogens with one attached hydrogen (secondary N) is 1. The molecule has 22 heavy (non-hydrogen) atoms. The van der Waals surface area contributed by atoms with E-state index in [9.17, 15) is 0 Å². The van der Waals surface area contributed by atoms with Crippen molar-refractivity contribution in [1.82, 2.24) is 5.32 Å². The molecule has 2 N–H and O–H groups in total. The third kappa shape index (κ3) is 5.29. The van der Waals surface area contributed by atoms with Crippen LogP contribution in [0.2, 0.25) is 0 Å². The Bertz CT molecular complexity index is 410. The Kier molecular flexibility index (Phi) is 7.20. The molecule has 0 aliphatic carbocycles. The largest absolute Gasteiger partial charge is 0.396 e. The monoisotopic (exact) mass is 304 g/mol. The summed E-state index contributed by atoms with van der Waals surface area (Å²) in [6, 6.07) is 9.86. The average molecular weight is 304 g/mol. The first kappa shape index (κ1) is 17.3. The van der Waals surface area contributed by atoms with Gasteiger partial charge in [0.05, 0.1) is 0 Å². The fourth-order valence-electron chi connectivity index (χ4n) is 3.31. The van der Waals surface area contributed by atoms with Gasteiger partial charge in [-0.05, 0) is 57.2 Å². The summed E-state index contributed by atoms with van der Waals surface area (Å²) in [4.78, 5) is 2.53. The molecule has 2 rings (SSSR count). The molecule has 0 aromatic heterocycles. The third-order valence-corrected chi connectivity index (χ3v) is 4.69. The second kappa shape index (κ2) is 9.16. The van der Waals surface area contributed by atoms with Crippen LogP contribution in [0.1, 0.15) is 64.0 Å². The van der Waals surface area contributed by atoms with Crippen molar-refractivity contribution in [2.45, 2.75) is 64.5 Å². The van der Waals surface area contributed by atoms with E-state index < -0.39 is 0 Å². The lowest BCUT2D eigenvalue weighted by Crippen LogP contribution is -2.29. The van der Waals surface area contributed by atoms with Crippen LogP contribution in [0.25, 0.3) is 0 Å². The highest BCUT2D eigenvalue weighted by atomic mass is 16.2. The van der Waals surface area contributed by atoms with Gasteiger partial charge < -0.3 is 15.3 Å². The fraction of sp³-hybridized carbons (Fsp3) is 0.684. The minimum absolute atomic E-state index is 0.283. The Morgan fingerprint density at radius 3 is 2.27 bits per heavy atom. The lowest BCUT2D eigenvalue weighted by atomic mass is 10.1. The molecule has 1 saturated heterocycles. The molecule has 3 heteroatoms. The van der Waals surface area contributed by atoms with Gasteiger partial charge in [-0.25, -0.2) is 0 Å². The summed E-state index contributed by atoms with van der Waals surface area (Å²) in [5, 5.41) is 12.5. The van der Waals surface area contributed by atoms with Gasteiger partial charge in [-0.15, -0.1) is 0 Å². The zero-order chi connectivity index (χ0) is 15.8. The molecular weight excluding hydrogens is 272 g/mol. The molecule has 0 saturated carbocycles. The minimum atomic E-state index is 0.283. The summed E-state index contributed by atoms with van der Waals surface area (Å²) < 4.78 is 0. The zero-order valence-corrected chi connectivity index (χ0v) is 14.2. The van der Waals surface area contributed by atoms with Gasteiger partial charge in [0.1, 0.15) is 0 Å². The molecule has 1 aliphatic heterocycles. The molecule has 1 aromatic rings. The van der Waals surface area contributed by atoms with Crippen molar-refractivity contribution < 1.29 is 5.11 Å². The van der Waals surface area contributed by atoms with E-state index in [2.05, 4.69) is 48.3 Å². The molecule has 0 radical (unpaired) electrons. The van der Waals surface area contributed by atoms with Gasteiger partial charge in [-0.2, -0.15) is 0 Å². The van der Waals surface area contributed by atoms with Crippen molar-refractivity contribution in [3.63, 3.8) is 0 Å². The second-order valence-electron chi connectivity index (χ2n) is 6.65. The maximum absolute atomic E-state index is 8.91. The number of hydrogen-bond donors (Lipinski definition) is 2. The number of aliphatic hydroxyl groups excluding tert-OH is 1. The maximum atomic E-state index is 8.91. The van der Waals surface area contributed by atoms with Crippen molar-refractivity contribution in [2.24, 2.45) is 0 Å². The first-order valence-corrected chi connectivity index (χ1v) is 8.92. The normalized spacial score (nSPS) is 18.8. The third-order valence-electron chi connectivity index (χ3n) is 4.69. The van der Waals surface area contributed by atoms with Crippen molar-refractivity contribution in [1.29, 1.82) is 0 Å². The topological polar surface area (TPSA) is 35.5 Å². The summed E-state index contributed by atoms with van der Waals surface area (Å²) in [5.41, 5.74) is 2.71. The van der Waals surface area contributed by atoms with Crippen LogP contribution in [0.4, 0.5) is 5.69 Å². The molecule has 1 aliphatic rings. The molecule has 1 fully saturated rings. The zero-order valence-electron chi connectivity index (χ0n) is 14.2. The average Bonchev–Trinajstić information content (AvgIpc) is 2.82. The molecule has 2 unspecified atom stereocenters. The SMILES string of the molecule is CC(CCCO)NC(C)c1ccc(N2CCCCCC2)cc1. The molecular formula is C19H32N2O. The molecule has 0 spiro atoms. The number of benzene rings is 1. The first-order valence-electron chi connectivity index (χ1n) is 8.92. The maximum Gasteiger partial charge on any atom is 0.0431 e. The molecule has 0 bridgehead atoms. The van der Waals surface area contributed by atoms with E-state index in [1.807, 2.05) is 0 Å². The number of anilines is 1. The van der Waals surface area contributed by atoms with Crippen LogP contribution >= 0.6 is 0 Å². The number of hydrogen-bond acceptors (Lipinski definition) is 3. The number of rotatable bonds is 7. The molecule has 1 aromatic carbocycles. The highest BCUT2D eigenvalue weighted by Gasteiger charge is 2.12. The van der Waals surface area contributed by atoms with Crippen LogP contribution in [-0.4, -0.2) is 30.8 Å². The van der Waals surface area contributed by atoms with Crippen molar-refractivity contribution in [3.8, 4) is 0 Å². The van der Waals surface area contributed by atoms with Gasteiger partial charge in [-0.3, -0.25) is 0 Å². The van der Waals surface area contributed by atoms with Crippen molar-refractivity contribution >= 4 is 5.69 Å². The highest BCUT2D eigenvalue weighted by Crippen LogP contribution is 2.22. The van der Waals surface area contributed by atoms with Crippen LogP contribution in [0.5, 0.6) is 0 Å². The smallest absolute Gasteiger partial charge is 0.0431 e. The second-order valence-corrected chi connectivity index (χ2v) is 6.65. The Hall–Kier alpha value is -1.06. The summed E-state index contributed by atoms with van der Waals surface area (Å²) >= 11 is 0. The van der Waals surface area contributed by atoms with E-state index in [4.69, 9.17) is 5.11 Å². The fourth-order valence-corrected chi connectivity index (χ4v) is 3.31. The van der Waals surface area contributed by atoms with Crippen LogP contribution in [-0.2, 0) is 0 Å². The van der Waals surface area contributed by atoms with Gasteiger partial charge in [0.15, 0.2) is 0 Å². The van der Waals surface area contributed by atoms with E-state index in [1.54, 1.807) is 0 Å². The summed E-state index contributed by atoms with van der Waals surface area (Å²) in [5.74, 6) is 0. The van der Waals surface area contributed by atoms with E-state index in [0.29, 0.717) is 12.1 Å². The van der Waals surface area contributed by atoms with E-state index in [0.717, 1.165) is 12.8 Å². The molecule has 3 nitrogen and oxygen atoms in total. The van der Waals surface area contributed by atoms with Crippen molar-refractivity contribution in [3.05, 3.63) is 29.8 Å². The van der Waals surface area contributed by atoms with Gasteiger partial charge in [0.25, 0.3) is 0 Å². The molecule has 0 amide bonds. The Morgan fingerprint density at radius 1 is 1.05 bits per heavy atom. The van der Waals surface area contributed by atoms with Gasteiger partial charge in [0, 0.05) is 37.5 Å². The summed E-state index contributed by atoms with van der Waals surface area (Å²) in [7, 11) is 0. The molecule has 124 valence electrons. The summed E-state index contributed by atoms with van der Waals surface area (Å²) in [6.45, 7) is 7.09. The predicted molar refractivity (Wildman–Crippen MR) is 94.5 cm³/mol. The van der Waals surface area contributed by atoms with Crippen LogP contribution in [0.15, 0.2) is 24.3 Å². The Morgan fingerprint density at radius 2 is 1.68 bits per heavy atom. The number of nitrogens with zero attached hydrogens (tertiary/aromatic N) is 1. The lowest BCUT2D eigenvalue weighted by molar-refractivity contribution is 0.274. The summed E-state index contributed by atoms with van der Waals surface area (Å²) in [6.07, 6.45) is 7.29. The van der Waals surface area contributed by atoms with Crippen LogP contribution < -0.4 is 10.2 Å². The first-order chi connectivity index (χ1) is 10.7. The van der Waals surface area contributed by atoms with Crippen LogP contribution in [0, 0.1) is 0 Å². The molecule has 1 heterocycles. The predicted octanol–water partition coefficient (Wildman–Crippen LogP) is 3.88. The van der Waals surface area contributed by atoms with Gasteiger partial charge >= 0.3 is 0 Å². The Balaban J connectivity index is 1.89. The minimum Gasteiger partial charge on any atom is -0.396 e. The van der Waals surface area contributed by atoms with Gasteiger partial charge in [-0.1, -0.05) is 25.0 Å². The highest BCUT2D eigenvalue weighted by molar-refractivity contribution is 5.48. The van der Waals surface area contributed by atoms with E-state index in [1.165, 1.54) is 50.0 Å². The quantitative estimate of drug-likeness (QED) is 0.802. The molecule has 2 atom stereocenters.